The Hall–Kier alpha value is -2.30. The van der Waals surface area contributed by atoms with Gasteiger partial charge in [-0.15, -0.1) is 0 Å². The number of anilines is 1. The van der Waals surface area contributed by atoms with Gasteiger partial charge in [0.1, 0.15) is 5.60 Å². The second kappa shape index (κ2) is 11.3. The van der Waals surface area contributed by atoms with Gasteiger partial charge in [-0.25, -0.2) is 4.79 Å². The Bertz CT molecular complexity index is 615. The van der Waals surface area contributed by atoms with Crippen molar-refractivity contribution in [3.05, 3.63) is 41.7 Å². The van der Waals surface area contributed by atoms with Crippen LogP contribution in [0.5, 0.6) is 0 Å². The van der Waals surface area contributed by atoms with Gasteiger partial charge in [-0.3, -0.25) is 4.79 Å². The first-order valence-corrected chi connectivity index (χ1v) is 9.04. The summed E-state index contributed by atoms with van der Waals surface area (Å²) in [4.78, 5) is 23.7. The van der Waals surface area contributed by atoms with Crippen LogP contribution in [0.1, 0.15) is 70.3 Å². The van der Waals surface area contributed by atoms with Crippen molar-refractivity contribution in [2.75, 3.05) is 12.4 Å². The van der Waals surface area contributed by atoms with E-state index in [0.29, 0.717) is 29.9 Å². The molecule has 0 bridgehead atoms. The molecule has 0 unspecified atom stereocenters. The molecule has 0 aliphatic heterocycles. The minimum Gasteiger partial charge on any atom is -0.493 e. The maximum atomic E-state index is 12.1. The van der Waals surface area contributed by atoms with Crippen LogP contribution in [0.3, 0.4) is 0 Å². The number of hydrogen-bond donors (Lipinski definition) is 1. The largest absolute Gasteiger partial charge is 0.493 e. The lowest BCUT2D eigenvalue weighted by atomic mass is 10.0. The van der Waals surface area contributed by atoms with E-state index in [0.717, 1.165) is 5.56 Å². The van der Waals surface area contributed by atoms with Gasteiger partial charge in [0, 0.05) is 18.5 Å². The summed E-state index contributed by atoms with van der Waals surface area (Å²) in [5.74, 6) is 0.0924. The molecule has 0 atom stereocenters. The summed E-state index contributed by atoms with van der Waals surface area (Å²) in [6.07, 6.45) is 1.42. The number of nitrogens with one attached hydrogen (secondary N) is 1. The Morgan fingerprint density at radius 3 is 2.27 bits per heavy atom. The van der Waals surface area contributed by atoms with Crippen LogP contribution in [0.15, 0.2) is 30.5 Å². The van der Waals surface area contributed by atoms with Crippen molar-refractivity contribution in [3.8, 4) is 0 Å². The average molecular weight is 363 g/mol. The molecule has 1 aromatic rings. The number of allylic oxidation sites excluding steroid dienone is 1. The van der Waals surface area contributed by atoms with Gasteiger partial charge in [-0.2, -0.15) is 0 Å². The second-order valence-corrected chi connectivity index (χ2v) is 6.52. The quantitative estimate of drug-likeness (QED) is 0.540. The molecule has 0 heterocycles. The first-order chi connectivity index (χ1) is 12.2. The van der Waals surface area contributed by atoms with Crippen LogP contribution in [0, 0.1) is 0 Å². The monoisotopic (exact) mass is 363 g/mol. The Kier molecular flexibility index (Phi) is 10.3. The molecular weight excluding hydrogens is 330 g/mol. The first kappa shape index (κ1) is 23.7. The summed E-state index contributed by atoms with van der Waals surface area (Å²) < 4.78 is 10.4. The predicted octanol–water partition coefficient (Wildman–Crippen LogP) is 5.11. The van der Waals surface area contributed by atoms with Gasteiger partial charge in [-0.05, 0) is 51.0 Å². The minimum atomic E-state index is -0.375. The van der Waals surface area contributed by atoms with Crippen molar-refractivity contribution in [2.45, 2.75) is 66.4 Å². The molecule has 0 spiro atoms. The number of benzene rings is 1. The fourth-order valence-electron chi connectivity index (χ4n) is 2.23. The molecule has 26 heavy (non-hydrogen) atoms. The standard InChI is InChI=1S/C19H27NO4.C2H6/c1-7-14-12-15(9-10-16(14)18(22)23-6)20-17(21)11-8-13(2)24-19(3,4)5;1-2/h9-10,12H,2,7-8,11H2,1,3-6H3,(H,20,21);1-2H3. The second-order valence-electron chi connectivity index (χ2n) is 6.52. The molecule has 0 saturated heterocycles. The zero-order valence-corrected chi connectivity index (χ0v) is 17.2. The van der Waals surface area contributed by atoms with Crippen molar-refractivity contribution >= 4 is 17.6 Å². The van der Waals surface area contributed by atoms with Gasteiger partial charge in [0.2, 0.25) is 5.91 Å². The maximum Gasteiger partial charge on any atom is 0.338 e. The maximum absolute atomic E-state index is 12.1. The van der Waals surface area contributed by atoms with Crippen LogP contribution in [0.25, 0.3) is 0 Å². The highest BCUT2D eigenvalue weighted by atomic mass is 16.5. The Labute approximate surface area is 157 Å². The molecule has 5 nitrogen and oxygen atoms in total. The lowest BCUT2D eigenvalue weighted by Crippen LogP contribution is -2.19. The van der Waals surface area contributed by atoms with Gasteiger partial charge >= 0.3 is 5.97 Å². The molecule has 0 aromatic heterocycles. The van der Waals surface area contributed by atoms with Crippen molar-refractivity contribution in [1.29, 1.82) is 0 Å². The van der Waals surface area contributed by atoms with Crippen LogP contribution in [0.4, 0.5) is 5.69 Å². The number of rotatable bonds is 7. The molecule has 1 aromatic carbocycles. The van der Waals surface area contributed by atoms with E-state index < -0.39 is 0 Å². The molecule has 1 N–H and O–H groups in total. The normalized spacial score (nSPS) is 10.3. The highest BCUT2D eigenvalue weighted by molar-refractivity contribution is 5.94. The van der Waals surface area contributed by atoms with Crippen LogP contribution >= 0.6 is 0 Å². The Morgan fingerprint density at radius 2 is 1.77 bits per heavy atom. The summed E-state index contributed by atoms with van der Waals surface area (Å²) in [5.41, 5.74) is 1.70. The summed E-state index contributed by atoms with van der Waals surface area (Å²) >= 11 is 0. The van der Waals surface area contributed by atoms with Gasteiger partial charge in [0.25, 0.3) is 0 Å². The van der Waals surface area contributed by atoms with Gasteiger partial charge in [0.05, 0.1) is 18.4 Å². The van der Waals surface area contributed by atoms with Crippen molar-refractivity contribution in [3.63, 3.8) is 0 Å². The van der Waals surface area contributed by atoms with E-state index in [9.17, 15) is 9.59 Å². The molecule has 0 saturated carbocycles. The number of carbonyl (C=O) groups is 2. The van der Waals surface area contributed by atoms with E-state index in [4.69, 9.17) is 9.47 Å². The van der Waals surface area contributed by atoms with Crippen LogP contribution in [-0.2, 0) is 20.7 Å². The number of aryl methyl sites for hydroxylation is 1. The molecule has 5 heteroatoms. The van der Waals surface area contributed by atoms with Crippen molar-refractivity contribution < 1.29 is 19.1 Å². The molecule has 146 valence electrons. The number of hydrogen-bond acceptors (Lipinski definition) is 4. The summed E-state index contributed by atoms with van der Waals surface area (Å²) in [7, 11) is 1.35. The first-order valence-electron chi connectivity index (χ1n) is 9.04. The molecule has 0 radical (unpaired) electrons. The van der Waals surface area contributed by atoms with Gasteiger partial charge in [0.15, 0.2) is 0 Å². The zero-order valence-electron chi connectivity index (χ0n) is 17.2. The lowest BCUT2D eigenvalue weighted by Gasteiger charge is -2.22. The lowest BCUT2D eigenvalue weighted by molar-refractivity contribution is -0.116. The molecular formula is C21H33NO4. The third-order valence-electron chi connectivity index (χ3n) is 3.26. The number of amides is 1. The molecule has 0 aliphatic carbocycles. The van der Waals surface area contributed by atoms with E-state index in [1.54, 1.807) is 18.2 Å². The van der Waals surface area contributed by atoms with Gasteiger partial charge < -0.3 is 14.8 Å². The zero-order chi connectivity index (χ0) is 20.3. The third-order valence-corrected chi connectivity index (χ3v) is 3.26. The molecule has 1 amide bonds. The molecule has 0 aliphatic rings. The van der Waals surface area contributed by atoms with Crippen molar-refractivity contribution in [2.24, 2.45) is 0 Å². The van der Waals surface area contributed by atoms with E-state index in [1.165, 1.54) is 7.11 Å². The average Bonchev–Trinajstić information content (AvgIpc) is 2.59. The SMILES string of the molecule is C=C(CCC(=O)Nc1ccc(C(=O)OC)c(CC)c1)OC(C)(C)C.CC. The summed E-state index contributed by atoms with van der Waals surface area (Å²) in [6, 6.07) is 5.16. The van der Waals surface area contributed by atoms with Gasteiger partial charge in [-0.1, -0.05) is 27.4 Å². The molecule has 1 rings (SSSR count). The van der Waals surface area contributed by atoms with Crippen LogP contribution < -0.4 is 5.32 Å². The van der Waals surface area contributed by atoms with Crippen LogP contribution in [-0.4, -0.2) is 24.6 Å². The van der Waals surface area contributed by atoms with E-state index in [2.05, 4.69) is 11.9 Å². The highest BCUT2D eigenvalue weighted by Crippen LogP contribution is 2.19. The third kappa shape index (κ3) is 8.70. The predicted molar refractivity (Wildman–Crippen MR) is 106 cm³/mol. The van der Waals surface area contributed by atoms with E-state index in [1.807, 2.05) is 41.5 Å². The summed E-state index contributed by atoms with van der Waals surface area (Å²) in [6.45, 7) is 15.6. The fraction of sp³-hybridized carbons (Fsp3) is 0.524. The highest BCUT2D eigenvalue weighted by Gasteiger charge is 2.14. The van der Waals surface area contributed by atoms with E-state index in [-0.39, 0.29) is 23.9 Å². The number of esters is 1. The smallest absolute Gasteiger partial charge is 0.338 e. The Morgan fingerprint density at radius 1 is 1.15 bits per heavy atom. The topological polar surface area (TPSA) is 64.6 Å². The Balaban J connectivity index is 0.00000301. The molecule has 0 fully saturated rings. The summed E-state index contributed by atoms with van der Waals surface area (Å²) in [5, 5.41) is 2.83. The van der Waals surface area contributed by atoms with Crippen molar-refractivity contribution in [1.82, 2.24) is 0 Å². The number of methoxy groups -OCH3 is 1. The number of ether oxygens (including phenoxy) is 2. The minimum absolute atomic E-state index is 0.124. The van der Waals surface area contributed by atoms with E-state index >= 15 is 0 Å². The number of carbonyl (C=O) groups excluding carboxylic acids is 2. The van der Waals surface area contributed by atoms with Crippen LogP contribution in [0.2, 0.25) is 0 Å². The fourth-order valence-corrected chi connectivity index (χ4v) is 2.23.